The Morgan fingerprint density at radius 2 is 2.40 bits per heavy atom. The van der Waals surface area contributed by atoms with E-state index in [1.54, 1.807) is 17.3 Å². The summed E-state index contributed by atoms with van der Waals surface area (Å²) in [6, 6.07) is 6.10. The van der Waals surface area contributed by atoms with Gasteiger partial charge in [0.25, 0.3) is 0 Å². The number of hydrogen-bond donors (Lipinski definition) is 1. The standard InChI is InChI=1S/C14H17N5O/c1-11-5-6-12(19-10-16-17-18-19)8-14(11)15-9-13-4-2-3-7-20-13/h3,5-8,10,13,15H,2,4,9H2,1H3. The van der Waals surface area contributed by atoms with Gasteiger partial charge in [0.2, 0.25) is 0 Å². The molecule has 0 radical (unpaired) electrons. The molecule has 0 bridgehead atoms. The van der Waals surface area contributed by atoms with E-state index < -0.39 is 0 Å². The first-order chi connectivity index (χ1) is 9.83. The van der Waals surface area contributed by atoms with Crippen LogP contribution in [0, 0.1) is 6.92 Å². The summed E-state index contributed by atoms with van der Waals surface area (Å²) in [4.78, 5) is 0. The van der Waals surface area contributed by atoms with Crippen LogP contribution in [-0.2, 0) is 4.74 Å². The van der Waals surface area contributed by atoms with Gasteiger partial charge in [-0.1, -0.05) is 6.07 Å². The molecule has 0 amide bonds. The zero-order valence-corrected chi connectivity index (χ0v) is 11.4. The second-order valence-electron chi connectivity index (χ2n) is 4.84. The van der Waals surface area contributed by atoms with E-state index in [2.05, 4.69) is 39.9 Å². The summed E-state index contributed by atoms with van der Waals surface area (Å²) in [6.45, 7) is 2.87. The van der Waals surface area contributed by atoms with Crippen molar-refractivity contribution in [2.45, 2.75) is 25.9 Å². The SMILES string of the molecule is Cc1ccc(-n2cnnn2)cc1NCC1CCC=CO1. The van der Waals surface area contributed by atoms with Crippen molar-refractivity contribution in [3.63, 3.8) is 0 Å². The molecule has 1 aromatic carbocycles. The highest BCUT2D eigenvalue weighted by Gasteiger charge is 2.11. The lowest BCUT2D eigenvalue weighted by Crippen LogP contribution is -2.23. The predicted octanol–water partition coefficient (Wildman–Crippen LogP) is 2.08. The molecule has 0 saturated heterocycles. The molecule has 6 heteroatoms. The molecule has 0 saturated carbocycles. The van der Waals surface area contributed by atoms with Crippen molar-refractivity contribution in [2.24, 2.45) is 0 Å². The van der Waals surface area contributed by atoms with Gasteiger partial charge in [-0.3, -0.25) is 0 Å². The van der Waals surface area contributed by atoms with Crippen molar-refractivity contribution in [3.8, 4) is 5.69 Å². The molecule has 1 atom stereocenters. The molecular formula is C14H17N5O. The van der Waals surface area contributed by atoms with Crippen LogP contribution in [0.15, 0.2) is 36.9 Å². The average molecular weight is 271 g/mol. The van der Waals surface area contributed by atoms with Gasteiger partial charge in [-0.15, -0.1) is 5.10 Å². The van der Waals surface area contributed by atoms with E-state index in [0.29, 0.717) is 0 Å². The maximum Gasteiger partial charge on any atom is 0.143 e. The number of nitrogens with one attached hydrogen (secondary N) is 1. The van der Waals surface area contributed by atoms with Gasteiger partial charge in [-0.05, 0) is 54.0 Å². The quantitative estimate of drug-likeness (QED) is 0.922. The van der Waals surface area contributed by atoms with Gasteiger partial charge < -0.3 is 10.1 Å². The predicted molar refractivity (Wildman–Crippen MR) is 75.6 cm³/mol. The minimum absolute atomic E-state index is 0.232. The Morgan fingerprint density at radius 3 is 3.15 bits per heavy atom. The molecule has 6 nitrogen and oxygen atoms in total. The van der Waals surface area contributed by atoms with Crippen molar-refractivity contribution < 1.29 is 4.74 Å². The fraction of sp³-hybridized carbons (Fsp3) is 0.357. The highest BCUT2D eigenvalue weighted by Crippen LogP contribution is 2.20. The maximum atomic E-state index is 5.56. The molecule has 0 fully saturated rings. The number of nitrogens with zero attached hydrogens (tertiary/aromatic N) is 4. The summed E-state index contributed by atoms with van der Waals surface area (Å²) in [5.74, 6) is 0. The van der Waals surface area contributed by atoms with Gasteiger partial charge >= 0.3 is 0 Å². The highest BCUT2D eigenvalue weighted by molar-refractivity contribution is 5.56. The number of benzene rings is 1. The number of allylic oxidation sites excluding steroid dienone is 1. The van der Waals surface area contributed by atoms with E-state index in [9.17, 15) is 0 Å². The normalized spacial score (nSPS) is 17.8. The van der Waals surface area contributed by atoms with Crippen molar-refractivity contribution in [1.29, 1.82) is 0 Å². The molecule has 104 valence electrons. The first-order valence-corrected chi connectivity index (χ1v) is 6.71. The second-order valence-corrected chi connectivity index (χ2v) is 4.84. The largest absolute Gasteiger partial charge is 0.497 e. The molecule has 1 aliphatic heterocycles. The summed E-state index contributed by atoms with van der Waals surface area (Å²) < 4.78 is 7.20. The van der Waals surface area contributed by atoms with E-state index in [-0.39, 0.29) is 6.10 Å². The van der Waals surface area contributed by atoms with Crippen LogP contribution in [0.3, 0.4) is 0 Å². The number of rotatable bonds is 4. The number of tetrazole rings is 1. The molecule has 20 heavy (non-hydrogen) atoms. The Bertz CT molecular complexity index is 594. The lowest BCUT2D eigenvalue weighted by Gasteiger charge is -2.21. The molecule has 2 aromatic rings. The molecule has 3 rings (SSSR count). The molecule has 0 spiro atoms. The smallest absolute Gasteiger partial charge is 0.143 e. The van der Waals surface area contributed by atoms with E-state index in [4.69, 9.17) is 4.74 Å². The first-order valence-electron chi connectivity index (χ1n) is 6.71. The fourth-order valence-electron chi connectivity index (χ4n) is 2.18. The van der Waals surface area contributed by atoms with Crippen molar-refractivity contribution >= 4 is 5.69 Å². The highest BCUT2D eigenvalue weighted by atomic mass is 16.5. The molecule has 1 N–H and O–H groups in total. The van der Waals surface area contributed by atoms with Crippen LogP contribution in [0.25, 0.3) is 5.69 Å². The van der Waals surface area contributed by atoms with Gasteiger partial charge in [-0.2, -0.15) is 0 Å². The summed E-state index contributed by atoms with van der Waals surface area (Å²) in [5.41, 5.74) is 3.21. The number of ether oxygens (including phenoxy) is 1. The lowest BCUT2D eigenvalue weighted by atomic mass is 10.1. The van der Waals surface area contributed by atoms with Gasteiger partial charge in [0.05, 0.1) is 18.5 Å². The Morgan fingerprint density at radius 1 is 1.45 bits per heavy atom. The van der Waals surface area contributed by atoms with Crippen LogP contribution >= 0.6 is 0 Å². The lowest BCUT2D eigenvalue weighted by molar-refractivity contribution is 0.135. The van der Waals surface area contributed by atoms with E-state index >= 15 is 0 Å². The zero-order chi connectivity index (χ0) is 13.8. The Hall–Kier alpha value is -2.37. The summed E-state index contributed by atoms with van der Waals surface area (Å²) in [7, 11) is 0. The van der Waals surface area contributed by atoms with Gasteiger partial charge in [0.15, 0.2) is 0 Å². The number of aryl methyl sites for hydroxylation is 1. The Labute approximate surface area is 117 Å². The van der Waals surface area contributed by atoms with Gasteiger partial charge in [0, 0.05) is 5.69 Å². The summed E-state index contributed by atoms with van der Waals surface area (Å²) in [5, 5.41) is 14.7. The minimum Gasteiger partial charge on any atom is -0.497 e. The zero-order valence-electron chi connectivity index (χ0n) is 11.4. The molecule has 1 aromatic heterocycles. The van der Waals surface area contributed by atoms with Gasteiger partial charge in [-0.25, -0.2) is 4.68 Å². The fourth-order valence-corrected chi connectivity index (χ4v) is 2.18. The van der Waals surface area contributed by atoms with Crippen LogP contribution in [0.5, 0.6) is 0 Å². The van der Waals surface area contributed by atoms with Crippen LogP contribution in [-0.4, -0.2) is 32.9 Å². The number of anilines is 1. The van der Waals surface area contributed by atoms with E-state index in [1.807, 2.05) is 12.1 Å². The van der Waals surface area contributed by atoms with Crippen molar-refractivity contribution in [3.05, 3.63) is 42.4 Å². The summed E-state index contributed by atoms with van der Waals surface area (Å²) >= 11 is 0. The molecule has 0 aliphatic carbocycles. The second kappa shape index (κ2) is 5.73. The topological polar surface area (TPSA) is 64.9 Å². The average Bonchev–Trinajstić information content (AvgIpc) is 3.02. The van der Waals surface area contributed by atoms with E-state index in [1.165, 1.54) is 5.56 Å². The third-order valence-electron chi connectivity index (χ3n) is 3.38. The van der Waals surface area contributed by atoms with Crippen molar-refractivity contribution in [2.75, 3.05) is 11.9 Å². The Kier molecular flexibility index (Phi) is 3.62. The van der Waals surface area contributed by atoms with Crippen LogP contribution in [0.2, 0.25) is 0 Å². The molecular weight excluding hydrogens is 254 g/mol. The molecule has 1 aliphatic rings. The molecule has 2 heterocycles. The van der Waals surface area contributed by atoms with E-state index in [0.717, 1.165) is 30.8 Å². The van der Waals surface area contributed by atoms with Gasteiger partial charge in [0.1, 0.15) is 12.4 Å². The monoisotopic (exact) mass is 271 g/mol. The maximum absolute atomic E-state index is 5.56. The van der Waals surface area contributed by atoms with Crippen molar-refractivity contribution in [1.82, 2.24) is 20.2 Å². The first kappa shape index (κ1) is 12.7. The Balaban J connectivity index is 1.72. The third kappa shape index (κ3) is 2.79. The summed E-state index contributed by atoms with van der Waals surface area (Å²) in [6.07, 6.45) is 7.80. The molecule has 1 unspecified atom stereocenters. The van der Waals surface area contributed by atoms with Crippen LogP contribution < -0.4 is 5.32 Å². The number of aromatic nitrogens is 4. The minimum atomic E-state index is 0.232. The third-order valence-corrected chi connectivity index (χ3v) is 3.38. The van der Waals surface area contributed by atoms with Crippen LogP contribution in [0.1, 0.15) is 18.4 Å². The number of hydrogen-bond acceptors (Lipinski definition) is 5. The van der Waals surface area contributed by atoms with Crippen LogP contribution in [0.4, 0.5) is 5.69 Å².